The summed E-state index contributed by atoms with van der Waals surface area (Å²) in [7, 11) is 0. The molecule has 0 spiro atoms. The molecular weight excluding hydrogens is 406 g/mol. The van der Waals surface area contributed by atoms with Crippen LogP contribution in [0, 0.1) is 5.92 Å². The fourth-order valence-corrected chi connectivity index (χ4v) is 4.27. The topological polar surface area (TPSA) is 148 Å². The molecule has 0 saturated carbocycles. The van der Waals surface area contributed by atoms with E-state index in [4.69, 9.17) is 22.9 Å². The van der Waals surface area contributed by atoms with Gasteiger partial charge in [0.05, 0.1) is 0 Å². The van der Waals surface area contributed by atoms with Crippen molar-refractivity contribution in [2.45, 2.75) is 44.9 Å². The Labute approximate surface area is 194 Å². The highest BCUT2D eigenvalue weighted by molar-refractivity contribution is 6.12. The van der Waals surface area contributed by atoms with Crippen molar-refractivity contribution >= 4 is 11.8 Å². The van der Waals surface area contributed by atoms with Gasteiger partial charge in [-0.3, -0.25) is 14.5 Å². The van der Waals surface area contributed by atoms with E-state index in [0.717, 1.165) is 77.8 Å². The molecule has 9 nitrogen and oxygen atoms in total. The van der Waals surface area contributed by atoms with Crippen molar-refractivity contribution in [1.29, 1.82) is 0 Å². The van der Waals surface area contributed by atoms with Gasteiger partial charge in [-0.25, -0.2) is 0 Å². The van der Waals surface area contributed by atoms with E-state index in [2.05, 4.69) is 9.80 Å². The first kappa shape index (κ1) is 28.7. The Bertz CT molecular complexity index is 494. The molecule has 1 rings (SSSR count). The summed E-state index contributed by atoms with van der Waals surface area (Å²) in [4.78, 5) is 29.3. The molecule has 0 aliphatic carbocycles. The van der Waals surface area contributed by atoms with Crippen LogP contribution in [0.25, 0.3) is 0 Å². The van der Waals surface area contributed by atoms with Crippen molar-refractivity contribution in [3.05, 3.63) is 12.2 Å². The number of nitrogens with zero attached hydrogens (tertiary/aromatic N) is 3. The van der Waals surface area contributed by atoms with Gasteiger partial charge >= 0.3 is 0 Å². The standard InChI is InChI=1S/C23H47N7O2/c24-10-17-28(18-11-25)15-8-21(9-16-29(19-12-26)20-13-27)5-3-1-2-4-14-30-22(31)6-7-23(30)32/h6-7,21H,1-5,8-20,24-27H2. The Morgan fingerprint density at radius 2 is 1.06 bits per heavy atom. The highest BCUT2D eigenvalue weighted by Gasteiger charge is 2.22. The average Bonchev–Trinajstić information content (AvgIpc) is 3.09. The Balaban J connectivity index is 2.41. The molecule has 0 aromatic carbocycles. The smallest absolute Gasteiger partial charge is 0.253 e. The molecule has 32 heavy (non-hydrogen) atoms. The van der Waals surface area contributed by atoms with E-state index in [9.17, 15) is 9.59 Å². The second-order valence-corrected chi connectivity index (χ2v) is 8.65. The first-order chi connectivity index (χ1) is 15.5. The van der Waals surface area contributed by atoms with Gasteiger partial charge in [0, 0.05) is 71.1 Å². The largest absolute Gasteiger partial charge is 0.329 e. The predicted molar refractivity (Wildman–Crippen MR) is 131 cm³/mol. The molecule has 0 bridgehead atoms. The van der Waals surface area contributed by atoms with Crippen molar-refractivity contribution in [2.75, 3.05) is 72.0 Å². The zero-order valence-electron chi connectivity index (χ0n) is 19.9. The normalized spacial score (nSPS) is 14.2. The maximum atomic E-state index is 11.6. The van der Waals surface area contributed by atoms with Crippen LogP contribution in [-0.2, 0) is 9.59 Å². The SMILES string of the molecule is NCCN(CCN)CCC(CCCCCCN1C(=O)C=CC1=O)CCN(CCN)CCN. The number of carbonyl (C=O) groups is 2. The molecule has 0 unspecified atom stereocenters. The lowest BCUT2D eigenvalue weighted by atomic mass is 9.93. The monoisotopic (exact) mass is 453 g/mol. The molecule has 8 N–H and O–H groups in total. The van der Waals surface area contributed by atoms with Crippen molar-refractivity contribution < 1.29 is 9.59 Å². The highest BCUT2D eigenvalue weighted by atomic mass is 16.2. The summed E-state index contributed by atoms with van der Waals surface area (Å²) in [5, 5.41) is 0. The number of nitrogens with two attached hydrogens (primary N) is 4. The fraction of sp³-hybridized carbons (Fsp3) is 0.826. The lowest BCUT2D eigenvalue weighted by molar-refractivity contribution is -0.136. The molecule has 1 aliphatic heterocycles. The van der Waals surface area contributed by atoms with Gasteiger partial charge in [-0.1, -0.05) is 25.7 Å². The summed E-state index contributed by atoms with van der Waals surface area (Å²) in [6, 6.07) is 0. The molecule has 1 aliphatic rings. The van der Waals surface area contributed by atoms with Gasteiger partial charge < -0.3 is 32.7 Å². The molecular formula is C23H47N7O2. The number of rotatable bonds is 21. The highest BCUT2D eigenvalue weighted by Crippen LogP contribution is 2.20. The zero-order chi connectivity index (χ0) is 23.6. The van der Waals surface area contributed by atoms with E-state index in [0.29, 0.717) is 38.6 Å². The summed E-state index contributed by atoms with van der Waals surface area (Å²) >= 11 is 0. The zero-order valence-corrected chi connectivity index (χ0v) is 19.9. The third-order valence-electron chi connectivity index (χ3n) is 6.13. The summed E-state index contributed by atoms with van der Waals surface area (Å²) in [5.74, 6) is 0.264. The third kappa shape index (κ3) is 12.0. The van der Waals surface area contributed by atoms with Crippen LogP contribution in [0.1, 0.15) is 44.9 Å². The quantitative estimate of drug-likeness (QED) is 0.137. The number of hydrogen-bond acceptors (Lipinski definition) is 8. The van der Waals surface area contributed by atoms with E-state index in [-0.39, 0.29) is 11.8 Å². The molecule has 0 radical (unpaired) electrons. The molecule has 2 amide bonds. The van der Waals surface area contributed by atoms with Crippen molar-refractivity contribution in [1.82, 2.24) is 14.7 Å². The van der Waals surface area contributed by atoms with E-state index < -0.39 is 0 Å². The first-order valence-electron chi connectivity index (χ1n) is 12.3. The van der Waals surface area contributed by atoms with Crippen LogP contribution in [-0.4, -0.2) is 98.5 Å². The van der Waals surface area contributed by atoms with Gasteiger partial charge in [-0.15, -0.1) is 0 Å². The van der Waals surface area contributed by atoms with Crippen LogP contribution in [0.2, 0.25) is 0 Å². The lowest BCUT2D eigenvalue weighted by Crippen LogP contribution is -2.37. The van der Waals surface area contributed by atoms with Gasteiger partial charge in [0.1, 0.15) is 0 Å². The average molecular weight is 454 g/mol. The third-order valence-corrected chi connectivity index (χ3v) is 6.13. The molecule has 0 aromatic rings. The fourth-order valence-electron chi connectivity index (χ4n) is 4.27. The predicted octanol–water partition coefficient (Wildman–Crippen LogP) is -0.303. The van der Waals surface area contributed by atoms with Crippen molar-refractivity contribution in [3.8, 4) is 0 Å². The maximum Gasteiger partial charge on any atom is 0.253 e. The first-order valence-corrected chi connectivity index (χ1v) is 12.3. The maximum absolute atomic E-state index is 11.6. The van der Waals surface area contributed by atoms with Crippen LogP contribution in [0.3, 0.4) is 0 Å². The molecule has 0 saturated heterocycles. The number of imide groups is 1. The number of unbranched alkanes of at least 4 members (excludes halogenated alkanes) is 3. The minimum Gasteiger partial charge on any atom is -0.329 e. The van der Waals surface area contributed by atoms with Gasteiger partial charge in [-0.2, -0.15) is 0 Å². The van der Waals surface area contributed by atoms with E-state index in [1.807, 2.05) is 0 Å². The minimum absolute atomic E-state index is 0.186. The number of hydrogen-bond donors (Lipinski definition) is 4. The summed E-state index contributed by atoms with van der Waals surface area (Å²) < 4.78 is 0. The summed E-state index contributed by atoms with van der Waals surface area (Å²) in [6.07, 6.45) is 10.3. The summed E-state index contributed by atoms with van der Waals surface area (Å²) in [5.41, 5.74) is 23.0. The van der Waals surface area contributed by atoms with E-state index in [1.54, 1.807) is 0 Å². The van der Waals surface area contributed by atoms with E-state index >= 15 is 0 Å². The molecule has 186 valence electrons. The van der Waals surface area contributed by atoms with Gasteiger partial charge in [-0.05, 0) is 38.3 Å². The molecule has 0 fully saturated rings. The van der Waals surface area contributed by atoms with Gasteiger partial charge in [0.25, 0.3) is 11.8 Å². The Morgan fingerprint density at radius 1 is 0.625 bits per heavy atom. The molecule has 0 aromatic heterocycles. The molecule has 9 heteroatoms. The van der Waals surface area contributed by atoms with Gasteiger partial charge in [0.2, 0.25) is 0 Å². The van der Waals surface area contributed by atoms with Crippen LogP contribution in [0.4, 0.5) is 0 Å². The summed E-state index contributed by atoms with van der Waals surface area (Å²) in [6.45, 7) is 8.75. The van der Waals surface area contributed by atoms with Gasteiger partial charge in [0.15, 0.2) is 0 Å². The Morgan fingerprint density at radius 3 is 1.50 bits per heavy atom. The Hall–Kier alpha value is -1.36. The Kier molecular flexibility index (Phi) is 16.2. The van der Waals surface area contributed by atoms with Crippen LogP contribution < -0.4 is 22.9 Å². The second kappa shape index (κ2) is 18.1. The lowest BCUT2D eigenvalue weighted by Gasteiger charge is -2.27. The van der Waals surface area contributed by atoms with Crippen molar-refractivity contribution in [2.24, 2.45) is 28.9 Å². The molecule has 1 heterocycles. The van der Waals surface area contributed by atoms with Crippen LogP contribution in [0.15, 0.2) is 12.2 Å². The van der Waals surface area contributed by atoms with E-state index in [1.165, 1.54) is 23.5 Å². The number of carbonyl (C=O) groups excluding carboxylic acids is 2. The van der Waals surface area contributed by atoms with Crippen LogP contribution >= 0.6 is 0 Å². The number of amides is 2. The minimum atomic E-state index is -0.186. The van der Waals surface area contributed by atoms with Crippen LogP contribution in [0.5, 0.6) is 0 Å². The second-order valence-electron chi connectivity index (χ2n) is 8.65. The van der Waals surface area contributed by atoms with Crippen molar-refractivity contribution in [3.63, 3.8) is 0 Å². The molecule has 0 atom stereocenters.